The highest BCUT2D eigenvalue weighted by Crippen LogP contribution is 2.47. The fourth-order valence-electron chi connectivity index (χ4n) is 7.11. The Bertz CT molecular complexity index is 2310. The van der Waals surface area contributed by atoms with Gasteiger partial charge in [-0.05, 0) is 52.7 Å². The molecule has 0 N–H and O–H groups in total. The summed E-state index contributed by atoms with van der Waals surface area (Å²) in [5, 5.41) is 6.75. The Morgan fingerprint density at radius 2 is 1.23 bits per heavy atom. The molecular weight excluding hydrogens is 511 g/mol. The van der Waals surface area contributed by atoms with Crippen molar-refractivity contribution in [3.8, 4) is 5.00 Å². The normalized spacial score (nSPS) is 13.5. The Morgan fingerprint density at radius 3 is 2.08 bits per heavy atom. The molecule has 0 spiro atoms. The Hall–Kier alpha value is -4.32. The third-order valence-electron chi connectivity index (χ3n) is 8.58. The maximum absolute atomic E-state index is 2.57. The number of thiophene rings is 2. The zero-order valence-corrected chi connectivity index (χ0v) is 22.4. The second-order valence-electron chi connectivity index (χ2n) is 10.5. The predicted octanol–water partition coefficient (Wildman–Crippen LogP) is 7.83. The largest absolute Gasteiger partial charge is 0.310 e. The minimum absolute atomic E-state index is 0.194. The number of fused-ring (bicyclic) bond motifs is 12. The van der Waals surface area contributed by atoms with Crippen LogP contribution in [-0.2, 0) is 0 Å². The average molecular weight is 530 g/mol. The monoisotopic (exact) mass is 530 g/mol. The minimum atomic E-state index is 0.194. The molecule has 10 rings (SSSR count). The van der Waals surface area contributed by atoms with Crippen LogP contribution in [0, 0.1) is 0 Å². The molecule has 0 fully saturated rings. The van der Waals surface area contributed by atoms with Gasteiger partial charge >= 0.3 is 0 Å². The minimum Gasteiger partial charge on any atom is -0.310 e. The highest BCUT2D eigenvalue weighted by atomic mass is 32.1. The van der Waals surface area contributed by atoms with Crippen LogP contribution in [0.4, 0.5) is 17.1 Å². The molecule has 0 saturated heterocycles. The van der Waals surface area contributed by atoms with E-state index >= 15 is 0 Å². The van der Waals surface area contributed by atoms with Crippen molar-refractivity contribution in [2.24, 2.45) is 0 Å². The molecule has 5 heterocycles. The Morgan fingerprint density at radius 1 is 0.538 bits per heavy atom. The maximum Gasteiger partial charge on any atom is 0.266 e. The molecule has 0 aliphatic carbocycles. The number of rotatable bonds is 1. The molecule has 180 valence electrons. The van der Waals surface area contributed by atoms with Gasteiger partial charge in [0, 0.05) is 41.7 Å². The first-order valence-electron chi connectivity index (χ1n) is 13.3. The molecule has 0 amide bonds. The summed E-state index contributed by atoms with van der Waals surface area (Å²) in [6, 6.07) is 42.5. The van der Waals surface area contributed by atoms with Crippen LogP contribution in [0.3, 0.4) is 0 Å². The first-order valence-corrected chi connectivity index (χ1v) is 15.0. The lowest BCUT2D eigenvalue weighted by molar-refractivity contribution is 1.22. The summed E-state index contributed by atoms with van der Waals surface area (Å²) < 4.78 is 6.72. The van der Waals surface area contributed by atoms with E-state index in [1.807, 2.05) is 22.7 Å². The van der Waals surface area contributed by atoms with Crippen molar-refractivity contribution < 1.29 is 0 Å². The molecule has 2 aliphatic heterocycles. The molecule has 39 heavy (non-hydrogen) atoms. The molecule has 0 radical (unpaired) electrons. The van der Waals surface area contributed by atoms with Crippen molar-refractivity contribution in [2.75, 3.05) is 4.90 Å². The van der Waals surface area contributed by atoms with E-state index in [1.54, 1.807) is 0 Å². The molecule has 5 heteroatoms. The Balaban J connectivity index is 1.47. The number of hydrogen-bond donors (Lipinski definition) is 0. The summed E-state index contributed by atoms with van der Waals surface area (Å²) in [4.78, 5) is 2.53. The summed E-state index contributed by atoms with van der Waals surface area (Å²) in [7, 11) is 0. The highest BCUT2D eigenvalue weighted by molar-refractivity contribution is 7.35. The van der Waals surface area contributed by atoms with Gasteiger partial charge < -0.3 is 9.47 Å². The molecule has 2 nitrogen and oxygen atoms in total. The molecular formula is C34H19BN2S2. The highest BCUT2D eigenvalue weighted by Gasteiger charge is 2.45. The van der Waals surface area contributed by atoms with E-state index in [9.17, 15) is 0 Å². The van der Waals surface area contributed by atoms with E-state index < -0.39 is 0 Å². The van der Waals surface area contributed by atoms with Gasteiger partial charge in [0.05, 0.1) is 21.7 Å². The standard InChI is InChI=1S/C34H19BN2S2/c1-2-10-20(11-3-1)36-26-19-18-22-21-12-4-7-15-25(21)37-31(22)30(26)35(29-23-13-5-8-16-27(23)39-34(29)37)33-32(36)24-14-6-9-17-28(24)38-33/h1-19H. The van der Waals surface area contributed by atoms with E-state index in [0.29, 0.717) is 0 Å². The topological polar surface area (TPSA) is 8.17 Å². The SMILES string of the molecule is c1ccc(N2c3ccc4c5ccccc5n5c4c3B(c3sc4ccccc4c32)c2c-5sc3ccccc23)cc1. The first kappa shape index (κ1) is 20.6. The van der Waals surface area contributed by atoms with Crippen molar-refractivity contribution in [3.63, 3.8) is 0 Å². The van der Waals surface area contributed by atoms with Gasteiger partial charge in [0.15, 0.2) is 0 Å². The van der Waals surface area contributed by atoms with Gasteiger partial charge in [-0.3, -0.25) is 0 Å². The van der Waals surface area contributed by atoms with Crippen LogP contribution in [0.5, 0.6) is 0 Å². The molecule has 2 aliphatic rings. The van der Waals surface area contributed by atoms with E-state index in [1.165, 1.54) is 79.7 Å². The lowest BCUT2D eigenvalue weighted by Gasteiger charge is -2.37. The summed E-state index contributed by atoms with van der Waals surface area (Å²) in [5.41, 5.74) is 9.38. The average Bonchev–Trinajstić information content (AvgIpc) is 3.67. The zero-order chi connectivity index (χ0) is 25.2. The smallest absolute Gasteiger partial charge is 0.266 e. The number of benzene rings is 5. The van der Waals surface area contributed by atoms with Crippen LogP contribution in [0.25, 0.3) is 47.0 Å². The third kappa shape index (κ3) is 2.44. The Kier molecular flexibility index (Phi) is 3.81. The Labute approximate surface area is 233 Å². The van der Waals surface area contributed by atoms with Gasteiger partial charge in [-0.15, -0.1) is 22.7 Å². The van der Waals surface area contributed by atoms with Gasteiger partial charge in [-0.2, -0.15) is 0 Å². The summed E-state index contributed by atoms with van der Waals surface area (Å²) in [6.07, 6.45) is 0. The number of para-hydroxylation sites is 2. The van der Waals surface area contributed by atoms with Gasteiger partial charge in [-0.1, -0.05) is 78.9 Å². The number of nitrogens with zero attached hydrogens (tertiary/aromatic N) is 2. The fourth-order valence-corrected chi connectivity index (χ4v) is 9.68. The van der Waals surface area contributed by atoms with Crippen LogP contribution < -0.4 is 20.6 Å². The van der Waals surface area contributed by atoms with Crippen LogP contribution in [0.2, 0.25) is 0 Å². The van der Waals surface area contributed by atoms with Crippen LogP contribution in [0.1, 0.15) is 0 Å². The van der Waals surface area contributed by atoms with Crippen molar-refractivity contribution >= 4 is 104 Å². The van der Waals surface area contributed by atoms with Crippen molar-refractivity contribution in [1.29, 1.82) is 0 Å². The zero-order valence-electron chi connectivity index (χ0n) is 20.8. The molecule has 8 aromatic rings. The van der Waals surface area contributed by atoms with Gasteiger partial charge in [0.1, 0.15) is 0 Å². The molecule has 0 unspecified atom stereocenters. The van der Waals surface area contributed by atoms with E-state index in [2.05, 4.69) is 125 Å². The fraction of sp³-hybridized carbons (Fsp3) is 0. The van der Waals surface area contributed by atoms with Crippen LogP contribution >= 0.6 is 22.7 Å². The lowest BCUT2D eigenvalue weighted by Crippen LogP contribution is -2.59. The van der Waals surface area contributed by atoms with Gasteiger partial charge in [0.2, 0.25) is 0 Å². The molecule has 5 aromatic carbocycles. The first-order chi connectivity index (χ1) is 19.4. The quantitative estimate of drug-likeness (QED) is 0.197. The lowest BCUT2D eigenvalue weighted by atomic mass is 9.36. The van der Waals surface area contributed by atoms with Crippen molar-refractivity contribution in [2.45, 2.75) is 0 Å². The second kappa shape index (κ2) is 7.20. The molecule has 3 aromatic heterocycles. The number of aromatic nitrogens is 1. The van der Waals surface area contributed by atoms with Crippen molar-refractivity contribution in [3.05, 3.63) is 115 Å². The van der Waals surface area contributed by atoms with E-state index in [0.717, 1.165) is 0 Å². The molecule has 0 atom stereocenters. The number of hydrogen-bond acceptors (Lipinski definition) is 3. The van der Waals surface area contributed by atoms with Crippen LogP contribution in [0.15, 0.2) is 115 Å². The summed E-state index contributed by atoms with van der Waals surface area (Å²) >= 11 is 3.91. The van der Waals surface area contributed by atoms with Gasteiger partial charge in [-0.25, -0.2) is 0 Å². The molecule has 0 saturated carbocycles. The second-order valence-corrected chi connectivity index (χ2v) is 12.6. The summed E-state index contributed by atoms with van der Waals surface area (Å²) in [5.74, 6) is 0. The predicted molar refractivity (Wildman–Crippen MR) is 171 cm³/mol. The van der Waals surface area contributed by atoms with Gasteiger partial charge in [0.25, 0.3) is 6.71 Å². The van der Waals surface area contributed by atoms with Crippen molar-refractivity contribution in [1.82, 2.24) is 4.57 Å². The van der Waals surface area contributed by atoms with E-state index in [4.69, 9.17) is 0 Å². The number of anilines is 3. The van der Waals surface area contributed by atoms with Crippen LogP contribution in [-0.4, -0.2) is 11.3 Å². The third-order valence-corrected chi connectivity index (χ3v) is 11.0. The summed E-state index contributed by atoms with van der Waals surface area (Å²) in [6.45, 7) is 0.194. The maximum atomic E-state index is 2.57. The van der Waals surface area contributed by atoms with E-state index in [-0.39, 0.29) is 6.71 Å². The molecule has 0 bridgehead atoms.